The van der Waals surface area contributed by atoms with E-state index in [1.807, 2.05) is 31.5 Å². The maximum atomic E-state index is 6.60. The lowest BCUT2D eigenvalue weighted by atomic mass is 9.79. The molecule has 0 bridgehead atoms. The SMILES string of the molecule is Cc1ncc(CN2CCC3(CC2)C[C@]2(CO3)Nc3cc(Cl)ccc3-n3cccc32)cn1. The summed E-state index contributed by atoms with van der Waals surface area (Å²) in [5.74, 6) is 0.818. The first kappa shape index (κ1) is 19.3. The third-order valence-corrected chi connectivity index (χ3v) is 7.32. The molecular formula is C24H26ClN5O. The van der Waals surface area contributed by atoms with Crippen LogP contribution in [-0.4, -0.2) is 44.7 Å². The van der Waals surface area contributed by atoms with Crippen LogP contribution in [0.4, 0.5) is 5.69 Å². The number of hydrogen-bond acceptors (Lipinski definition) is 5. The molecular weight excluding hydrogens is 410 g/mol. The molecule has 6 rings (SSSR count). The molecule has 31 heavy (non-hydrogen) atoms. The molecule has 0 amide bonds. The zero-order valence-electron chi connectivity index (χ0n) is 17.6. The van der Waals surface area contributed by atoms with Gasteiger partial charge in [-0.05, 0) is 50.1 Å². The minimum absolute atomic E-state index is 0.0849. The van der Waals surface area contributed by atoms with E-state index < -0.39 is 0 Å². The minimum Gasteiger partial charge on any atom is -0.372 e. The van der Waals surface area contributed by atoms with Crippen molar-refractivity contribution < 1.29 is 4.74 Å². The van der Waals surface area contributed by atoms with E-state index in [2.05, 4.69) is 49.1 Å². The Kier molecular flexibility index (Phi) is 4.39. The lowest BCUT2D eigenvalue weighted by Crippen LogP contribution is -2.46. The normalized spacial score (nSPS) is 24.2. The molecule has 2 aromatic heterocycles. The van der Waals surface area contributed by atoms with Crippen LogP contribution in [0.25, 0.3) is 5.69 Å². The summed E-state index contributed by atoms with van der Waals surface area (Å²) < 4.78 is 8.89. The summed E-state index contributed by atoms with van der Waals surface area (Å²) in [6.07, 6.45) is 9.06. The van der Waals surface area contributed by atoms with E-state index in [1.165, 1.54) is 11.3 Å². The van der Waals surface area contributed by atoms with Crippen molar-refractivity contribution in [2.24, 2.45) is 0 Å². The van der Waals surface area contributed by atoms with Crippen molar-refractivity contribution in [3.8, 4) is 5.69 Å². The molecule has 1 atom stereocenters. The van der Waals surface area contributed by atoms with Crippen molar-refractivity contribution in [2.75, 3.05) is 25.0 Å². The van der Waals surface area contributed by atoms with E-state index in [0.29, 0.717) is 6.61 Å². The molecule has 0 unspecified atom stereocenters. The molecule has 3 aliphatic rings. The molecule has 6 nitrogen and oxygen atoms in total. The Morgan fingerprint density at radius 1 is 1.16 bits per heavy atom. The Hall–Kier alpha value is -2.41. The summed E-state index contributed by atoms with van der Waals surface area (Å²) in [6.45, 7) is 5.54. The van der Waals surface area contributed by atoms with Crippen molar-refractivity contribution in [3.05, 3.63) is 71.0 Å². The van der Waals surface area contributed by atoms with Crippen LogP contribution in [-0.2, 0) is 16.8 Å². The van der Waals surface area contributed by atoms with Gasteiger partial charge in [0.2, 0.25) is 0 Å². The second kappa shape index (κ2) is 7.05. The molecule has 1 N–H and O–H groups in total. The first-order chi connectivity index (χ1) is 15.0. The molecule has 3 aromatic rings. The predicted octanol–water partition coefficient (Wildman–Crippen LogP) is 4.31. The molecule has 5 heterocycles. The molecule has 3 aliphatic heterocycles. The highest BCUT2D eigenvalue weighted by Crippen LogP contribution is 2.50. The molecule has 2 fully saturated rings. The standard InChI is InChI=1S/C24H26ClN5O/c1-17-26-12-18(13-27-17)14-29-9-6-23(7-10-29)15-24(16-31-23)22-3-2-8-30(22)21-5-4-19(25)11-20(21)28-24/h2-5,8,11-13,28H,6-7,9-10,14-16H2,1H3/t24-/m1/s1. The number of anilines is 1. The summed E-state index contributed by atoms with van der Waals surface area (Å²) in [5, 5.41) is 4.57. The van der Waals surface area contributed by atoms with E-state index in [1.54, 1.807) is 0 Å². The Balaban J connectivity index is 1.21. The Labute approximate surface area is 187 Å². The van der Waals surface area contributed by atoms with E-state index in [0.717, 1.165) is 61.1 Å². The number of hydrogen-bond donors (Lipinski definition) is 1. The zero-order valence-corrected chi connectivity index (χ0v) is 18.4. The molecule has 0 radical (unpaired) electrons. The highest BCUT2D eigenvalue weighted by atomic mass is 35.5. The van der Waals surface area contributed by atoms with Gasteiger partial charge in [-0.2, -0.15) is 0 Å². The van der Waals surface area contributed by atoms with E-state index in [-0.39, 0.29) is 11.1 Å². The van der Waals surface area contributed by atoms with Crippen LogP contribution in [0.5, 0.6) is 0 Å². The Morgan fingerprint density at radius 2 is 1.97 bits per heavy atom. The minimum atomic E-state index is -0.214. The van der Waals surface area contributed by atoms with E-state index in [4.69, 9.17) is 16.3 Å². The van der Waals surface area contributed by atoms with Gasteiger partial charge in [-0.1, -0.05) is 11.6 Å². The van der Waals surface area contributed by atoms with Crippen molar-refractivity contribution in [1.82, 2.24) is 19.4 Å². The fourth-order valence-corrected chi connectivity index (χ4v) is 5.67. The van der Waals surface area contributed by atoms with Crippen LogP contribution in [0.15, 0.2) is 48.9 Å². The van der Waals surface area contributed by atoms with Gasteiger partial charge in [-0.3, -0.25) is 4.90 Å². The highest BCUT2D eigenvalue weighted by Gasteiger charge is 2.53. The highest BCUT2D eigenvalue weighted by molar-refractivity contribution is 6.31. The van der Waals surface area contributed by atoms with Crippen LogP contribution >= 0.6 is 11.6 Å². The van der Waals surface area contributed by atoms with E-state index >= 15 is 0 Å². The van der Waals surface area contributed by atoms with Crippen LogP contribution in [0.2, 0.25) is 5.02 Å². The Bertz CT molecular complexity index is 1120. The van der Waals surface area contributed by atoms with Gasteiger partial charge in [0.15, 0.2) is 0 Å². The van der Waals surface area contributed by atoms with Crippen molar-refractivity contribution in [2.45, 2.75) is 43.9 Å². The largest absolute Gasteiger partial charge is 0.372 e. The fraction of sp³-hybridized carbons (Fsp3) is 0.417. The number of piperidine rings is 1. The number of likely N-dealkylation sites (tertiary alicyclic amines) is 1. The maximum Gasteiger partial charge on any atom is 0.125 e. The van der Waals surface area contributed by atoms with Crippen LogP contribution in [0.3, 0.4) is 0 Å². The second-order valence-corrected chi connectivity index (χ2v) is 9.63. The summed E-state index contributed by atoms with van der Waals surface area (Å²) >= 11 is 6.31. The number of halogens is 1. The smallest absolute Gasteiger partial charge is 0.125 e. The lowest BCUT2D eigenvalue weighted by Gasteiger charge is -2.41. The number of benzene rings is 1. The second-order valence-electron chi connectivity index (χ2n) is 9.20. The third kappa shape index (κ3) is 3.25. The maximum absolute atomic E-state index is 6.60. The summed E-state index contributed by atoms with van der Waals surface area (Å²) in [6, 6.07) is 10.4. The van der Waals surface area contributed by atoms with Gasteiger partial charge < -0.3 is 14.6 Å². The lowest BCUT2D eigenvalue weighted by molar-refractivity contribution is -0.0452. The van der Waals surface area contributed by atoms with Crippen LogP contribution in [0.1, 0.15) is 36.3 Å². The van der Waals surface area contributed by atoms with Crippen LogP contribution in [0, 0.1) is 6.92 Å². The van der Waals surface area contributed by atoms with Gasteiger partial charge in [-0.25, -0.2) is 9.97 Å². The first-order valence-electron chi connectivity index (χ1n) is 10.9. The van der Waals surface area contributed by atoms with Gasteiger partial charge in [0.25, 0.3) is 0 Å². The molecule has 0 saturated carbocycles. The number of ether oxygens (including phenoxy) is 1. The number of fused-ring (bicyclic) bond motifs is 4. The number of aryl methyl sites for hydroxylation is 1. The number of nitrogens with one attached hydrogen (secondary N) is 1. The topological polar surface area (TPSA) is 55.2 Å². The molecule has 0 aliphatic carbocycles. The molecule has 2 spiro atoms. The molecule has 7 heteroatoms. The van der Waals surface area contributed by atoms with Gasteiger partial charge in [0.05, 0.1) is 29.3 Å². The van der Waals surface area contributed by atoms with Crippen LogP contribution < -0.4 is 5.32 Å². The zero-order chi connectivity index (χ0) is 21.1. The van der Waals surface area contributed by atoms with Crippen molar-refractivity contribution >= 4 is 17.3 Å². The quantitative estimate of drug-likeness (QED) is 0.650. The van der Waals surface area contributed by atoms with Crippen molar-refractivity contribution in [3.63, 3.8) is 0 Å². The summed E-state index contributed by atoms with van der Waals surface area (Å²) in [5.41, 5.74) is 4.37. The number of nitrogens with zero attached hydrogens (tertiary/aromatic N) is 4. The molecule has 160 valence electrons. The van der Waals surface area contributed by atoms with Gasteiger partial charge in [-0.15, -0.1) is 0 Å². The third-order valence-electron chi connectivity index (χ3n) is 7.09. The Morgan fingerprint density at radius 3 is 2.77 bits per heavy atom. The fourth-order valence-electron chi connectivity index (χ4n) is 5.49. The monoisotopic (exact) mass is 435 g/mol. The average molecular weight is 436 g/mol. The summed E-state index contributed by atoms with van der Waals surface area (Å²) in [4.78, 5) is 11.1. The average Bonchev–Trinajstić information content (AvgIpc) is 3.39. The summed E-state index contributed by atoms with van der Waals surface area (Å²) in [7, 11) is 0. The van der Waals surface area contributed by atoms with Gasteiger partial charge in [0, 0.05) is 55.2 Å². The number of aromatic nitrogens is 3. The number of rotatable bonds is 2. The van der Waals surface area contributed by atoms with Gasteiger partial charge in [0.1, 0.15) is 11.4 Å². The van der Waals surface area contributed by atoms with Gasteiger partial charge >= 0.3 is 0 Å². The van der Waals surface area contributed by atoms with Crippen molar-refractivity contribution in [1.29, 1.82) is 0 Å². The first-order valence-corrected chi connectivity index (χ1v) is 11.3. The predicted molar refractivity (Wildman–Crippen MR) is 121 cm³/mol. The van der Waals surface area contributed by atoms with E-state index in [9.17, 15) is 0 Å². The molecule has 1 aromatic carbocycles. The molecule has 2 saturated heterocycles.